The van der Waals surface area contributed by atoms with E-state index in [9.17, 15) is 19.8 Å². The summed E-state index contributed by atoms with van der Waals surface area (Å²) in [5, 5.41) is 22.4. The van der Waals surface area contributed by atoms with Crippen LogP contribution in [0.25, 0.3) is 21.9 Å². The fraction of sp³-hybridized carbons (Fsp3) is 0.250. The van der Waals surface area contributed by atoms with E-state index >= 15 is 0 Å². The van der Waals surface area contributed by atoms with Gasteiger partial charge in [-0.3, -0.25) is 0 Å². The van der Waals surface area contributed by atoms with Crippen LogP contribution in [0, 0.1) is 0 Å². The number of aryl methyl sites for hydroxylation is 2. The van der Waals surface area contributed by atoms with Crippen LogP contribution in [0.5, 0.6) is 11.5 Å². The van der Waals surface area contributed by atoms with Crippen LogP contribution in [0.1, 0.15) is 42.0 Å². The van der Waals surface area contributed by atoms with Crippen molar-refractivity contribution in [3.63, 3.8) is 0 Å². The van der Waals surface area contributed by atoms with Crippen molar-refractivity contribution in [1.82, 2.24) is 0 Å². The molecule has 2 aromatic carbocycles. The summed E-state index contributed by atoms with van der Waals surface area (Å²) < 4.78 is 16.5. The molecule has 7 nitrogen and oxygen atoms in total. The quantitative estimate of drug-likeness (QED) is 0.488. The van der Waals surface area contributed by atoms with Gasteiger partial charge in [-0.15, -0.1) is 0 Å². The zero-order valence-corrected chi connectivity index (χ0v) is 17.0. The van der Waals surface area contributed by atoms with E-state index in [1.165, 1.54) is 0 Å². The molecule has 0 aliphatic carbocycles. The highest BCUT2D eigenvalue weighted by molar-refractivity contribution is 5.88. The van der Waals surface area contributed by atoms with Crippen molar-refractivity contribution in [2.24, 2.45) is 0 Å². The molecular formula is C24H20O7. The lowest BCUT2D eigenvalue weighted by Crippen LogP contribution is -2.26. The Labute approximate surface area is 176 Å². The molecule has 2 unspecified atom stereocenters. The molecule has 2 N–H and O–H groups in total. The lowest BCUT2D eigenvalue weighted by Gasteiger charge is -2.14. The predicted molar refractivity (Wildman–Crippen MR) is 114 cm³/mol. The second-order valence-corrected chi connectivity index (χ2v) is 7.64. The van der Waals surface area contributed by atoms with Gasteiger partial charge in [0, 0.05) is 0 Å². The van der Waals surface area contributed by atoms with Gasteiger partial charge in [0.2, 0.25) is 6.29 Å². The van der Waals surface area contributed by atoms with E-state index in [0.29, 0.717) is 16.4 Å². The Balaban J connectivity index is 1.77. The number of benzene rings is 2. The van der Waals surface area contributed by atoms with E-state index in [4.69, 9.17) is 13.6 Å². The van der Waals surface area contributed by atoms with Crippen LogP contribution < -0.4 is 16.0 Å². The minimum atomic E-state index is -1.56. The number of hydrogen-bond acceptors (Lipinski definition) is 7. The normalized spacial score (nSPS) is 17.8. The molecule has 2 atom stereocenters. The fourth-order valence-electron chi connectivity index (χ4n) is 4.20. The largest absolute Gasteiger partial charge is 0.507 e. The number of hydrogen-bond donors (Lipinski definition) is 2. The Bertz CT molecular complexity index is 1460. The Hall–Kier alpha value is -3.58. The predicted octanol–water partition coefficient (Wildman–Crippen LogP) is 3.57. The van der Waals surface area contributed by atoms with Crippen LogP contribution in [0.15, 0.2) is 54.8 Å². The Morgan fingerprint density at radius 2 is 1.39 bits per heavy atom. The first-order chi connectivity index (χ1) is 14.9. The zero-order chi connectivity index (χ0) is 21.9. The topological polar surface area (TPSA) is 110 Å². The molecule has 1 aliphatic heterocycles. The van der Waals surface area contributed by atoms with Crippen LogP contribution in [0.2, 0.25) is 0 Å². The third-order valence-electron chi connectivity index (χ3n) is 5.90. The SMILES string of the molecule is CCc1ccc2c(O)c(C3c4c(c5ccc(CC)cc5oc4=O)OC3O)c(=O)oc2c1. The van der Waals surface area contributed by atoms with Crippen molar-refractivity contribution < 1.29 is 23.8 Å². The molecule has 5 rings (SSSR count). The first kappa shape index (κ1) is 19.4. The summed E-state index contributed by atoms with van der Waals surface area (Å²) >= 11 is 0. The molecule has 0 bridgehead atoms. The summed E-state index contributed by atoms with van der Waals surface area (Å²) in [5.41, 5.74) is 0.643. The molecule has 31 heavy (non-hydrogen) atoms. The standard InChI is InChI=1S/C24H20O7/c1-3-11-5-7-13-15(9-11)29-23(27)18(20(13)25)17-19-21(31-22(17)26)14-8-6-12(4-2)10-16(14)30-24(19)28/h5-10,17,22,25-26H,3-4H2,1-2H3. The molecule has 0 fully saturated rings. The van der Waals surface area contributed by atoms with E-state index in [1.54, 1.807) is 24.3 Å². The monoisotopic (exact) mass is 420 g/mol. The van der Waals surface area contributed by atoms with Gasteiger partial charge in [0.15, 0.2) is 0 Å². The van der Waals surface area contributed by atoms with E-state index in [0.717, 1.165) is 24.0 Å². The third-order valence-corrected chi connectivity index (χ3v) is 5.90. The van der Waals surface area contributed by atoms with Crippen molar-refractivity contribution in [3.8, 4) is 11.5 Å². The van der Waals surface area contributed by atoms with Crippen molar-refractivity contribution >= 4 is 21.9 Å². The van der Waals surface area contributed by atoms with Gasteiger partial charge in [-0.2, -0.15) is 0 Å². The van der Waals surface area contributed by atoms with Crippen LogP contribution >= 0.6 is 0 Å². The second kappa shape index (κ2) is 6.99. The van der Waals surface area contributed by atoms with Crippen LogP contribution in [-0.4, -0.2) is 16.5 Å². The summed E-state index contributed by atoms with van der Waals surface area (Å²) in [5.74, 6) is -1.45. The average molecular weight is 420 g/mol. The number of aliphatic hydroxyl groups is 1. The van der Waals surface area contributed by atoms with Gasteiger partial charge in [-0.25, -0.2) is 9.59 Å². The molecule has 3 heterocycles. The molecular weight excluding hydrogens is 400 g/mol. The maximum Gasteiger partial charge on any atom is 0.344 e. The van der Waals surface area contributed by atoms with Crippen molar-refractivity contribution in [1.29, 1.82) is 0 Å². The van der Waals surface area contributed by atoms with Crippen molar-refractivity contribution in [3.05, 3.63) is 79.5 Å². The molecule has 0 saturated heterocycles. The summed E-state index contributed by atoms with van der Waals surface area (Å²) in [7, 11) is 0. The lowest BCUT2D eigenvalue weighted by molar-refractivity contribution is -0.00987. The molecule has 0 radical (unpaired) electrons. The highest BCUT2D eigenvalue weighted by atomic mass is 16.6. The smallest absolute Gasteiger partial charge is 0.344 e. The minimum absolute atomic E-state index is 0.0172. The fourth-order valence-corrected chi connectivity index (χ4v) is 4.20. The first-order valence-electron chi connectivity index (χ1n) is 10.2. The van der Waals surface area contributed by atoms with Gasteiger partial charge in [-0.1, -0.05) is 26.0 Å². The number of fused-ring (bicyclic) bond motifs is 4. The second-order valence-electron chi connectivity index (χ2n) is 7.64. The molecule has 0 amide bonds. The highest BCUT2D eigenvalue weighted by Gasteiger charge is 2.43. The third kappa shape index (κ3) is 2.84. The van der Waals surface area contributed by atoms with Crippen molar-refractivity contribution in [2.45, 2.75) is 38.9 Å². The lowest BCUT2D eigenvalue weighted by atomic mass is 9.91. The number of rotatable bonds is 3. The average Bonchev–Trinajstić information content (AvgIpc) is 3.10. The van der Waals surface area contributed by atoms with Gasteiger partial charge in [0.05, 0.1) is 27.8 Å². The summed E-state index contributed by atoms with van der Waals surface area (Å²) in [6.45, 7) is 3.94. The summed E-state index contributed by atoms with van der Waals surface area (Å²) in [4.78, 5) is 25.7. The van der Waals surface area contributed by atoms with Crippen LogP contribution in [-0.2, 0) is 12.8 Å². The summed E-state index contributed by atoms with van der Waals surface area (Å²) in [6.07, 6.45) is -0.0665. The highest BCUT2D eigenvalue weighted by Crippen LogP contribution is 2.45. The Morgan fingerprint density at radius 3 is 2.00 bits per heavy atom. The van der Waals surface area contributed by atoms with Gasteiger partial charge in [-0.05, 0) is 48.2 Å². The van der Waals surface area contributed by atoms with Gasteiger partial charge in [0.25, 0.3) is 0 Å². The maximum atomic E-state index is 12.9. The molecule has 0 saturated carbocycles. The molecule has 158 valence electrons. The van der Waals surface area contributed by atoms with E-state index < -0.39 is 23.5 Å². The number of ether oxygens (including phenoxy) is 1. The van der Waals surface area contributed by atoms with Gasteiger partial charge in [0.1, 0.15) is 22.7 Å². The van der Waals surface area contributed by atoms with Gasteiger partial charge < -0.3 is 23.8 Å². The van der Waals surface area contributed by atoms with Gasteiger partial charge >= 0.3 is 11.3 Å². The van der Waals surface area contributed by atoms with E-state index in [-0.39, 0.29) is 28.2 Å². The molecule has 7 heteroatoms. The number of aromatic hydroxyl groups is 1. The van der Waals surface area contributed by atoms with Crippen molar-refractivity contribution in [2.75, 3.05) is 0 Å². The Kier molecular flexibility index (Phi) is 4.37. The summed E-state index contributed by atoms with van der Waals surface area (Å²) in [6, 6.07) is 10.5. The maximum absolute atomic E-state index is 12.9. The van der Waals surface area contributed by atoms with Crippen LogP contribution in [0.4, 0.5) is 0 Å². The molecule has 4 aromatic rings. The Morgan fingerprint density at radius 1 is 0.839 bits per heavy atom. The molecule has 2 aromatic heterocycles. The minimum Gasteiger partial charge on any atom is -0.507 e. The first-order valence-corrected chi connectivity index (χ1v) is 10.2. The zero-order valence-electron chi connectivity index (χ0n) is 17.0. The molecule has 0 spiro atoms. The molecule has 1 aliphatic rings. The number of aliphatic hydroxyl groups excluding tert-OH is 1. The van der Waals surface area contributed by atoms with Crippen LogP contribution in [0.3, 0.4) is 0 Å². The van der Waals surface area contributed by atoms with E-state index in [1.807, 2.05) is 26.0 Å². The van der Waals surface area contributed by atoms with E-state index in [2.05, 4.69) is 0 Å².